The summed E-state index contributed by atoms with van der Waals surface area (Å²) in [6.45, 7) is 10.1. The minimum atomic E-state index is -0.169. The summed E-state index contributed by atoms with van der Waals surface area (Å²) < 4.78 is 0. The van der Waals surface area contributed by atoms with E-state index >= 15 is 0 Å². The van der Waals surface area contributed by atoms with Gasteiger partial charge in [0.1, 0.15) is 0 Å². The van der Waals surface area contributed by atoms with Gasteiger partial charge in [0.2, 0.25) is 0 Å². The Hall–Kier alpha value is -3.78. The number of nitrogens with one attached hydrogen (secondary N) is 3. The Morgan fingerprint density at radius 1 is 1.05 bits per heavy atom. The molecule has 7 heteroatoms. The molecule has 3 aromatic carbocycles. The van der Waals surface area contributed by atoms with Crippen LogP contribution in [0.2, 0.25) is 12.6 Å². The van der Waals surface area contributed by atoms with Crippen molar-refractivity contribution < 1.29 is 4.79 Å². The van der Waals surface area contributed by atoms with E-state index in [1.54, 1.807) is 0 Å². The van der Waals surface area contributed by atoms with Crippen LogP contribution in [0, 0.1) is 41.8 Å². The molecule has 6 nitrogen and oxygen atoms in total. The molecule has 3 saturated heterocycles. The summed E-state index contributed by atoms with van der Waals surface area (Å²) >= 11 is 0. The Bertz CT molecular complexity index is 1580. The lowest BCUT2D eigenvalue weighted by Gasteiger charge is -2.34. The van der Waals surface area contributed by atoms with Gasteiger partial charge in [-0.3, -0.25) is 4.79 Å². The van der Waals surface area contributed by atoms with Crippen molar-refractivity contribution in [1.82, 2.24) is 15.5 Å². The summed E-state index contributed by atoms with van der Waals surface area (Å²) in [6, 6.07) is 18.7. The molecule has 3 heterocycles. The minimum absolute atomic E-state index is 0.0818. The van der Waals surface area contributed by atoms with Crippen LogP contribution in [0.5, 0.6) is 0 Å². The molecule has 3 aliphatic rings. The van der Waals surface area contributed by atoms with Gasteiger partial charge < -0.3 is 20.9 Å². The number of amides is 1. The number of benzene rings is 3. The molecular formula is C37H44BN5O. The predicted octanol–water partition coefficient (Wildman–Crippen LogP) is 6.05. The van der Waals surface area contributed by atoms with Crippen molar-refractivity contribution in [2.24, 2.45) is 11.8 Å². The monoisotopic (exact) mass is 585 g/mol. The molecule has 226 valence electrons. The maximum atomic E-state index is 13.5. The van der Waals surface area contributed by atoms with Crippen molar-refractivity contribution in [3.63, 3.8) is 0 Å². The molecule has 1 amide bonds. The van der Waals surface area contributed by atoms with Crippen LogP contribution >= 0.6 is 0 Å². The number of hydrogen-bond acceptors (Lipinski definition) is 5. The summed E-state index contributed by atoms with van der Waals surface area (Å²) in [5.74, 6) is 10.7. The molecule has 1 unspecified atom stereocenters. The van der Waals surface area contributed by atoms with Gasteiger partial charge in [-0.05, 0) is 124 Å². The molecular weight excluding hydrogens is 541 g/mol. The molecule has 0 bridgehead atoms. The maximum absolute atomic E-state index is 13.5. The van der Waals surface area contributed by atoms with E-state index in [-0.39, 0.29) is 18.7 Å². The van der Waals surface area contributed by atoms with E-state index in [0.717, 1.165) is 77.6 Å². The number of nitrogens with zero attached hydrogens (tertiary/aromatic N) is 2. The van der Waals surface area contributed by atoms with Crippen LogP contribution < -0.4 is 16.0 Å². The second kappa shape index (κ2) is 13.9. The zero-order chi connectivity index (χ0) is 30.5. The number of nitriles is 1. The van der Waals surface area contributed by atoms with Crippen LogP contribution in [-0.4, -0.2) is 56.3 Å². The van der Waals surface area contributed by atoms with E-state index < -0.39 is 0 Å². The number of rotatable bonds is 7. The highest BCUT2D eigenvalue weighted by Gasteiger charge is 2.33. The molecule has 0 radical (unpaired) electrons. The van der Waals surface area contributed by atoms with Crippen LogP contribution in [0.25, 0.3) is 10.8 Å². The summed E-state index contributed by atoms with van der Waals surface area (Å²) in [5.41, 5.74) is 4.69. The van der Waals surface area contributed by atoms with E-state index in [9.17, 15) is 4.79 Å². The fourth-order valence-electron chi connectivity index (χ4n) is 7.06. The number of carbonyl (C=O) groups is 1. The number of carbonyl (C=O) groups excluding carboxylic acids is 1. The van der Waals surface area contributed by atoms with Gasteiger partial charge in [-0.25, -0.2) is 5.26 Å². The van der Waals surface area contributed by atoms with Crippen molar-refractivity contribution in [3.8, 4) is 17.8 Å². The molecule has 1 atom stereocenters. The van der Waals surface area contributed by atoms with E-state index in [0.29, 0.717) is 17.5 Å². The molecule has 0 saturated carbocycles. The zero-order valence-electron chi connectivity index (χ0n) is 26.2. The summed E-state index contributed by atoms with van der Waals surface area (Å²) in [6.07, 6.45) is 6.62. The van der Waals surface area contributed by atoms with Crippen LogP contribution in [-0.2, 0) is 0 Å². The molecule has 3 N–H and O–H groups in total. The number of hydrogen-bond donors (Lipinski definition) is 3. The van der Waals surface area contributed by atoms with Gasteiger partial charge >= 0.3 is 0 Å². The fourth-order valence-corrected chi connectivity index (χ4v) is 7.06. The van der Waals surface area contributed by atoms with Gasteiger partial charge in [-0.15, -0.1) is 0 Å². The SMILES string of the molecule is Cc1ccc(NC2CB(C#N)C2)cc1C(=O)NC(C)c1ccc(C#CC2CCN(CC3CCNCC3)CC2)c2ccccc12. The summed E-state index contributed by atoms with van der Waals surface area (Å²) in [5, 5.41) is 21.6. The molecule has 0 aliphatic carbocycles. The van der Waals surface area contributed by atoms with Crippen LogP contribution in [0.15, 0.2) is 54.6 Å². The van der Waals surface area contributed by atoms with E-state index in [1.165, 1.54) is 32.5 Å². The standard InChI is InChI=1S/C37H44BN5O/c1-26-7-11-31(42-32-22-38(23-32)25-39)21-36(26)37(44)41-27(2)33-12-10-30(34-5-3-4-6-35(33)34)9-8-28-15-19-43(20-16-28)24-29-13-17-40-18-14-29/h3-7,10-12,21,27-29,32,40,42H,13-20,22-24H2,1-2H3,(H,41,44). The largest absolute Gasteiger partial charge is 0.384 e. The number of aryl methyl sites for hydroxylation is 1. The third kappa shape index (κ3) is 7.12. The van der Waals surface area contributed by atoms with E-state index in [4.69, 9.17) is 5.26 Å². The van der Waals surface area contributed by atoms with Gasteiger partial charge in [-0.2, -0.15) is 0 Å². The Morgan fingerprint density at radius 2 is 1.80 bits per heavy atom. The molecule has 0 spiro atoms. The van der Waals surface area contributed by atoms with Crippen molar-refractivity contribution >= 4 is 29.1 Å². The third-order valence-corrected chi connectivity index (χ3v) is 9.92. The van der Waals surface area contributed by atoms with E-state index in [1.807, 2.05) is 25.1 Å². The Labute approximate surface area is 263 Å². The first-order valence-corrected chi connectivity index (χ1v) is 16.5. The third-order valence-electron chi connectivity index (χ3n) is 9.92. The van der Waals surface area contributed by atoms with Crippen molar-refractivity contribution in [1.29, 1.82) is 5.26 Å². The fraction of sp³-hybridized carbons (Fsp3) is 0.459. The van der Waals surface area contributed by atoms with Crippen LogP contribution in [0.3, 0.4) is 0 Å². The Balaban J connectivity index is 1.10. The lowest BCUT2D eigenvalue weighted by molar-refractivity contribution is 0.0939. The minimum Gasteiger partial charge on any atom is -0.384 e. The summed E-state index contributed by atoms with van der Waals surface area (Å²) in [7, 11) is 0. The normalized spacial score (nSPS) is 19.0. The van der Waals surface area contributed by atoms with Gasteiger partial charge in [0.15, 0.2) is 0 Å². The second-order valence-corrected chi connectivity index (χ2v) is 13.1. The highest BCUT2D eigenvalue weighted by molar-refractivity contribution is 6.70. The molecule has 44 heavy (non-hydrogen) atoms. The smallest absolute Gasteiger partial charge is 0.271 e. The number of fused-ring (bicyclic) bond motifs is 1. The lowest BCUT2D eigenvalue weighted by atomic mass is 9.34. The average molecular weight is 586 g/mol. The molecule has 3 aromatic rings. The van der Waals surface area contributed by atoms with Crippen molar-refractivity contribution in [2.75, 3.05) is 38.0 Å². The first-order valence-electron chi connectivity index (χ1n) is 16.5. The van der Waals surface area contributed by atoms with Crippen molar-refractivity contribution in [2.45, 2.75) is 64.3 Å². The lowest BCUT2D eigenvalue weighted by Crippen LogP contribution is -2.40. The number of piperidine rings is 2. The zero-order valence-corrected chi connectivity index (χ0v) is 26.2. The highest BCUT2D eigenvalue weighted by atomic mass is 16.1. The average Bonchev–Trinajstić information content (AvgIpc) is 3.03. The molecule has 0 aromatic heterocycles. The predicted molar refractivity (Wildman–Crippen MR) is 181 cm³/mol. The molecule has 3 aliphatic heterocycles. The highest BCUT2D eigenvalue weighted by Crippen LogP contribution is 2.29. The first kappa shape index (κ1) is 30.3. The number of anilines is 1. The first-order chi connectivity index (χ1) is 21.5. The van der Waals surface area contributed by atoms with Gasteiger partial charge in [-0.1, -0.05) is 48.2 Å². The van der Waals surface area contributed by atoms with Crippen molar-refractivity contribution in [3.05, 3.63) is 76.9 Å². The topological polar surface area (TPSA) is 80.2 Å². The van der Waals surface area contributed by atoms with Gasteiger partial charge in [0, 0.05) is 41.3 Å². The number of likely N-dealkylation sites (tertiary alicyclic amines) is 1. The van der Waals surface area contributed by atoms with Crippen LogP contribution in [0.4, 0.5) is 5.69 Å². The molecule has 6 rings (SSSR count). The second-order valence-electron chi connectivity index (χ2n) is 13.1. The van der Waals surface area contributed by atoms with Gasteiger partial charge in [0.25, 0.3) is 12.6 Å². The molecule has 3 fully saturated rings. The van der Waals surface area contributed by atoms with E-state index in [2.05, 4.69) is 82.0 Å². The Morgan fingerprint density at radius 3 is 2.55 bits per heavy atom. The van der Waals surface area contributed by atoms with Crippen LogP contribution in [0.1, 0.15) is 65.7 Å². The Kier molecular flexibility index (Phi) is 9.56. The van der Waals surface area contributed by atoms with Gasteiger partial charge in [0.05, 0.1) is 6.04 Å². The summed E-state index contributed by atoms with van der Waals surface area (Å²) in [4.78, 5) is 16.1. The maximum Gasteiger partial charge on any atom is 0.271 e. The quantitative estimate of drug-likeness (QED) is 0.232.